The number of amides is 1. The first kappa shape index (κ1) is 17.0. The molecule has 1 aromatic carbocycles. The Bertz CT molecular complexity index is 487. The summed E-state index contributed by atoms with van der Waals surface area (Å²) in [6.07, 6.45) is 1.54. The van der Waals surface area contributed by atoms with Crippen molar-refractivity contribution in [3.05, 3.63) is 29.8 Å². The fraction of sp³-hybridized carbons (Fsp3) is 0.500. The van der Waals surface area contributed by atoms with E-state index in [9.17, 15) is 9.59 Å². The predicted octanol–water partition coefficient (Wildman–Crippen LogP) is 2.34. The number of benzene rings is 1. The Morgan fingerprint density at radius 2 is 2.00 bits per heavy atom. The van der Waals surface area contributed by atoms with Gasteiger partial charge in [-0.3, -0.25) is 9.59 Å². The monoisotopic (exact) mass is 293 g/mol. The third kappa shape index (κ3) is 5.10. The van der Waals surface area contributed by atoms with Crippen molar-refractivity contribution in [2.24, 2.45) is 0 Å². The molecule has 0 aliphatic rings. The molecule has 1 atom stereocenters. The van der Waals surface area contributed by atoms with Gasteiger partial charge in [-0.05, 0) is 31.4 Å². The number of carbonyl (C=O) groups excluding carboxylic acids is 1. The topological polar surface area (TPSA) is 66.8 Å². The maximum atomic E-state index is 12.3. The van der Waals surface area contributed by atoms with Crippen molar-refractivity contribution in [1.82, 2.24) is 4.90 Å². The molecule has 116 valence electrons. The average molecular weight is 293 g/mol. The summed E-state index contributed by atoms with van der Waals surface area (Å²) in [5.41, 5.74) is 0.952. The van der Waals surface area contributed by atoms with Gasteiger partial charge >= 0.3 is 5.97 Å². The number of ether oxygens (including phenoxy) is 1. The van der Waals surface area contributed by atoms with Crippen LogP contribution in [0.2, 0.25) is 0 Å². The second-order valence-electron chi connectivity index (χ2n) is 4.98. The van der Waals surface area contributed by atoms with Crippen LogP contribution in [0.3, 0.4) is 0 Å². The SMILES string of the molecule is CCC(C)N(CC(=O)O)C(=O)CCc1ccccc1OC. The Hall–Kier alpha value is -2.04. The van der Waals surface area contributed by atoms with E-state index in [4.69, 9.17) is 9.84 Å². The number of hydrogen-bond acceptors (Lipinski definition) is 3. The Morgan fingerprint density at radius 3 is 2.57 bits per heavy atom. The standard InChI is InChI=1S/C16H23NO4/c1-4-12(2)17(11-16(19)20)15(18)10-9-13-7-5-6-8-14(13)21-3/h5-8,12H,4,9-11H2,1-3H3,(H,19,20). The largest absolute Gasteiger partial charge is 0.496 e. The van der Waals surface area contributed by atoms with E-state index in [-0.39, 0.29) is 24.9 Å². The van der Waals surface area contributed by atoms with E-state index in [1.165, 1.54) is 4.90 Å². The van der Waals surface area contributed by atoms with Gasteiger partial charge in [-0.15, -0.1) is 0 Å². The molecule has 5 heteroatoms. The third-order valence-electron chi connectivity index (χ3n) is 3.55. The third-order valence-corrected chi connectivity index (χ3v) is 3.55. The number of hydrogen-bond donors (Lipinski definition) is 1. The zero-order chi connectivity index (χ0) is 15.8. The number of aliphatic carboxylic acids is 1. The Kier molecular flexibility index (Phi) is 6.72. The lowest BCUT2D eigenvalue weighted by Gasteiger charge is -2.27. The van der Waals surface area contributed by atoms with Crippen molar-refractivity contribution in [2.75, 3.05) is 13.7 Å². The summed E-state index contributed by atoms with van der Waals surface area (Å²) in [6.45, 7) is 3.55. The van der Waals surface area contributed by atoms with E-state index in [1.807, 2.05) is 38.1 Å². The summed E-state index contributed by atoms with van der Waals surface area (Å²) in [5.74, 6) is -0.378. The molecule has 0 heterocycles. The molecular weight excluding hydrogens is 270 g/mol. The molecule has 21 heavy (non-hydrogen) atoms. The fourth-order valence-corrected chi connectivity index (χ4v) is 2.15. The summed E-state index contributed by atoms with van der Waals surface area (Å²) < 4.78 is 5.25. The van der Waals surface area contributed by atoms with Gasteiger partial charge < -0.3 is 14.7 Å². The van der Waals surface area contributed by atoms with Crippen molar-refractivity contribution in [3.63, 3.8) is 0 Å². The molecule has 0 aliphatic heterocycles. The minimum absolute atomic E-state index is 0.0775. The van der Waals surface area contributed by atoms with Crippen LogP contribution >= 0.6 is 0 Å². The van der Waals surface area contributed by atoms with Crippen molar-refractivity contribution in [1.29, 1.82) is 0 Å². The van der Waals surface area contributed by atoms with Crippen LogP contribution < -0.4 is 4.74 Å². The minimum atomic E-state index is -0.985. The summed E-state index contributed by atoms with van der Waals surface area (Å²) in [6, 6.07) is 7.46. The highest BCUT2D eigenvalue weighted by Gasteiger charge is 2.21. The van der Waals surface area contributed by atoms with Crippen LogP contribution in [0, 0.1) is 0 Å². The molecule has 0 bridgehead atoms. The van der Waals surface area contributed by atoms with Gasteiger partial charge in [-0.1, -0.05) is 25.1 Å². The first-order chi connectivity index (χ1) is 9.99. The first-order valence-electron chi connectivity index (χ1n) is 7.12. The van der Waals surface area contributed by atoms with Gasteiger partial charge in [0.25, 0.3) is 0 Å². The number of carbonyl (C=O) groups is 2. The average Bonchev–Trinajstić information content (AvgIpc) is 2.49. The summed E-state index contributed by atoms with van der Waals surface area (Å²) in [5, 5.41) is 8.93. The zero-order valence-corrected chi connectivity index (χ0v) is 12.8. The maximum Gasteiger partial charge on any atom is 0.323 e. The van der Waals surface area contributed by atoms with Gasteiger partial charge in [0, 0.05) is 12.5 Å². The van der Waals surface area contributed by atoms with Crippen molar-refractivity contribution in [3.8, 4) is 5.75 Å². The molecule has 0 aromatic heterocycles. The highest BCUT2D eigenvalue weighted by atomic mass is 16.5. The number of methoxy groups -OCH3 is 1. The maximum absolute atomic E-state index is 12.3. The van der Waals surface area contributed by atoms with Gasteiger partial charge in [0.1, 0.15) is 12.3 Å². The molecule has 0 saturated heterocycles. The van der Waals surface area contributed by atoms with E-state index >= 15 is 0 Å². The van der Waals surface area contributed by atoms with Crippen LogP contribution in [0.15, 0.2) is 24.3 Å². The van der Waals surface area contributed by atoms with Crippen LogP contribution in [0.1, 0.15) is 32.3 Å². The van der Waals surface area contributed by atoms with Crippen LogP contribution in [0.5, 0.6) is 5.75 Å². The zero-order valence-electron chi connectivity index (χ0n) is 12.8. The van der Waals surface area contributed by atoms with Gasteiger partial charge in [-0.2, -0.15) is 0 Å². The van der Waals surface area contributed by atoms with Crippen molar-refractivity contribution < 1.29 is 19.4 Å². The quantitative estimate of drug-likeness (QED) is 0.799. The van der Waals surface area contributed by atoms with E-state index in [2.05, 4.69) is 0 Å². The lowest BCUT2D eigenvalue weighted by Crippen LogP contribution is -2.41. The van der Waals surface area contributed by atoms with Crippen LogP contribution in [0.25, 0.3) is 0 Å². The molecule has 0 aliphatic carbocycles. The number of carboxylic acids is 1. The fourth-order valence-electron chi connectivity index (χ4n) is 2.15. The van der Waals surface area contributed by atoms with Crippen LogP contribution in [-0.4, -0.2) is 41.6 Å². The molecule has 0 saturated carbocycles. The lowest BCUT2D eigenvalue weighted by atomic mass is 10.1. The lowest BCUT2D eigenvalue weighted by molar-refractivity contribution is -0.146. The van der Waals surface area contributed by atoms with Crippen LogP contribution in [-0.2, 0) is 16.0 Å². The van der Waals surface area contributed by atoms with Crippen molar-refractivity contribution in [2.45, 2.75) is 39.2 Å². The summed E-state index contributed by atoms with van der Waals surface area (Å²) in [4.78, 5) is 24.6. The van der Waals surface area contributed by atoms with E-state index in [0.29, 0.717) is 6.42 Å². The number of aryl methyl sites for hydroxylation is 1. The van der Waals surface area contributed by atoms with Crippen molar-refractivity contribution >= 4 is 11.9 Å². The molecule has 1 N–H and O–H groups in total. The predicted molar refractivity (Wildman–Crippen MR) is 80.4 cm³/mol. The molecule has 5 nitrogen and oxygen atoms in total. The molecule has 1 unspecified atom stereocenters. The highest BCUT2D eigenvalue weighted by Crippen LogP contribution is 2.19. The van der Waals surface area contributed by atoms with Gasteiger partial charge in [0.2, 0.25) is 5.91 Å². The Balaban J connectivity index is 2.71. The smallest absolute Gasteiger partial charge is 0.323 e. The van der Waals surface area contributed by atoms with E-state index < -0.39 is 5.97 Å². The molecule has 0 radical (unpaired) electrons. The van der Waals surface area contributed by atoms with E-state index in [0.717, 1.165) is 17.7 Å². The number of rotatable bonds is 8. The molecule has 0 fully saturated rings. The molecular formula is C16H23NO4. The second-order valence-corrected chi connectivity index (χ2v) is 4.98. The van der Waals surface area contributed by atoms with Gasteiger partial charge in [0.15, 0.2) is 0 Å². The Labute approximate surface area is 125 Å². The highest BCUT2D eigenvalue weighted by molar-refractivity contribution is 5.81. The normalized spacial score (nSPS) is 11.8. The number of para-hydroxylation sites is 1. The molecule has 0 spiro atoms. The Morgan fingerprint density at radius 1 is 1.33 bits per heavy atom. The number of nitrogens with zero attached hydrogens (tertiary/aromatic N) is 1. The first-order valence-corrected chi connectivity index (χ1v) is 7.12. The summed E-state index contributed by atoms with van der Waals surface area (Å²) in [7, 11) is 1.59. The van der Waals surface area contributed by atoms with Gasteiger partial charge in [0.05, 0.1) is 7.11 Å². The second kappa shape index (κ2) is 8.29. The molecule has 1 aromatic rings. The number of carboxylic acid groups (broad SMARTS) is 1. The summed E-state index contributed by atoms with van der Waals surface area (Å²) >= 11 is 0. The van der Waals surface area contributed by atoms with Gasteiger partial charge in [-0.25, -0.2) is 0 Å². The molecule has 1 amide bonds. The van der Waals surface area contributed by atoms with Crippen LogP contribution in [0.4, 0.5) is 0 Å². The minimum Gasteiger partial charge on any atom is -0.496 e. The molecule has 1 rings (SSSR count). The van der Waals surface area contributed by atoms with E-state index in [1.54, 1.807) is 7.11 Å².